The molecule has 1 aromatic heterocycles. The van der Waals surface area contributed by atoms with Crippen LogP contribution in [0.1, 0.15) is 19.5 Å². The molecule has 0 spiro atoms. The minimum Gasteiger partial charge on any atom is -0.483 e. The fourth-order valence-corrected chi connectivity index (χ4v) is 1.14. The molecule has 94 valence electrons. The molecule has 0 amide bonds. The van der Waals surface area contributed by atoms with Gasteiger partial charge in [-0.1, -0.05) is 13.8 Å². The molecule has 0 aliphatic carbocycles. The van der Waals surface area contributed by atoms with Crippen molar-refractivity contribution in [3.63, 3.8) is 0 Å². The zero-order valence-corrected chi connectivity index (χ0v) is 10.1. The summed E-state index contributed by atoms with van der Waals surface area (Å²) < 4.78 is 5.22. The van der Waals surface area contributed by atoms with E-state index in [0.717, 1.165) is 0 Å². The van der Waals surface area contributed by atoms with Gasteiger partial charge in [-0.3, -0.25) is 0 Å². The normalized spacial score (nSPS) is 12.5. The topological polar surface area (TPSA) is 85.5 Å². The fourth-order valence-electron chi connectivity index (χ4n) is 1.14. The van der Waals surface area contributed by atoms with Crippen molar-refractivity contribution in [2.75, 3.05) is 6.61 Å². The summed E-state index contributed by atoms with van der Waals surface area (Å²) in [4.78, 5) is 13.9. The molecule has 1 N–H and O–H groups in total. The number of aromatic nitrogens is 1. The highest BCUT2D eigenvalue weighted by Gasteiger charge is 2.19. The Kier molecular flexibility index (Phi) is 4.39. The Labute approximate surface area is 99.4 Å². The van der Waals surface area contributed by atoms with Gasteiger partial charge in [0.25, 0.3) is 0 Å². The fraction of sp³-hybridized carbons (Fsp3) is 0.545. The van der Waals surface area contributed by atoms with Crippen LogP contribution >= 0.6 is 0 Å². The third-order valence-electron chi connectivity index (χ3n) is 2.33. The SMILES string of the molecule is Cc1ccc(OCC(O)C(C)C)c([N+](=O)[O-])n1. The second-order valence-corrected chi connectivity index (χ2v) is 4.15. The van der Waals surface area contributed by atoms with Crippen LogP contribution in [-0.2, 0) is 0 Å². The molecule has 0 bridgehead atoms. The molecule has 0 fully saturated rings. The Hall–Kier alpha value is -1.69. The zero-order chi connectivity index (χ0) is 13.0. The Bertz CT molecular complexity index is 406. The van der Waals surface area contributed by atoms with E-state index in [4.69, 9.17) is 4.74 Å². The van der Waals surface area contributed by atoms with Crippen molar-refractivity contribution in [3.8, 4) is 5.75 Å². The molecule has 0 saturated carbocycles. The molecule has 0 saturated heterocycles. The number of ether oxygens (including phenoxy) is 1. The minimum absolute atomic E-state index is 0.0171. The molecule has 6 nitrogen and oxygen atoms in total. The lowest BCUT2D eigenvalue weighted by Crippen LogP contribution is -2.23. The summed E-state index contributed by atoms with van der Waals surface area (Å²) in [5.41, 5.74) is 0.549. The summed E-state index contributed by atoms with van der Waals surface area (Å²) in [5, 5.41) is 20.3. The zero-order valence-electron chi connectivity index (χ0n) is 10.1. The number of aliphatic hydroxyl groups is 1. The lowest BCUT2D eigenvalue weighted by atomic mass is 10.1. The van der Waals surface area contributed by atoms with Crippen molar-refractivity contribution in [1.29, 1.82) is 0 Å². The first-order valence-corrected chi connectivity index (χ1v) is 5.34. The first kappa shape index (κ1) is 13.4. The molecule has 0 aliphatic heterocycles. The van der Waals surface area contributed by atoms with Crippen LogP contribution in [0.3, 0.4) is 0 Å². The molecular weight excluding hydrogens is 224 g/mol. The Balaban J connectivity index is 2.80. The highest BCUT2D eigenvalue weighted by molar-refractivity contribution is 5.40. The van der Waals surface area contributed by atoms with E-state index in [0.29, 0.717) is 5.69 Å². The van der Waals surface area contributed by atoms with E-state index in [-0.39, 0.29) is 24.1 Å². The van der Waals surface area contributed by atoms with Crippen LogP contribution in [-0.4, -0.2) is 27.7 Å². The number of rotatable bonds is 5. The third kappa shape index (κ3) is 3.67. The number of pyridine rings is 1. The number of hydrogen-bond donors (Lipinski definition) is 1. The number of nitro groups is 1. The average molecular weight is 240 g/mol. The number of aryl methyl sites for hydroxylation is 1. The predicted octanol–water partition coefficient (Wildman–Crippen LogP) is 1.69. The van der Waals surface area contributed by atoms with E-state index in [1.165, 1.54) is 6.07 Å². The van der Waals surface area contributed by atoms with Gasteiger partial charge in [0.05, 0.1) is 6.10 Å². The van der Waals surface area contributed by atoms with Crippen LogP contribution in [0, 0.1) is 23.0 Å². The van der Waals surface area contributed by atoms with Crippen LogP contribution in [0.2, 0.25) is 0 Å². The number of aliphatic hydroxyl groups excluding tert-OH is 1. The average Bonchev–Trinajstić information content (AvgIpc) is 2.26. The van der Waals surface area contributed by atoms with Crippen molar-refractivity contribution in [2.45, 2.75) is 26.9 Å². The highest BCUT2D eigenvalue weighted by atomic mass is 16.6. The number of hydrogen-bond acceptors (Lipinski definition) is 5. The third-order valence-corrected chi connectivity index (χ3v) is 2.33. The van der Waals surface area contributed by atoms with Crippen LogP contribution in [0.5, 0.6) is 5.75 Å². The molecule has 1 rings (SSSR count). The molecular formula is C11H16N2O4. The lowest BCUT2D eigenvalue weighted by molar-refractivity contribution is -0.390. The summed E-state index contributed by atoms with van der Waals surface area (Å²) in [6.45, 7) is 5.37. The van der Waals surface area contributed by atoms with Gasteiger partial charge in [-0.25, -0.2) is 0 Å². The van der Waals surface area contributed by atoms with Gasteiger partial charge in [0.1, 0.15) is 12.3 Å². The largest absolute Gasteiger partial charge is 0.483 e. The van der Waals surface area contributed by atoms with Crippen LogP contribution in [0.4, 0.5) is 5.82 Å². The maximum atomic E-state index is 10.8. The Morgan fingerprint density at radius 1 is 1.53 bits per heavy atom. The molecule has 1 heterocycles. The Morgan fingerprint density at radius 2 is 2.18 bits per heavy atom. The summed E-state index contributed by atoms with van der Waals surface area (Å²) in [5.74, 6) is -0.200. The first-order valence-electron chi connectivity index (χ1n) is 5.34. The van der Waals surface area contributed by atoms with Gasteiger partial charge >= 0.3 is 5.82 Å². The molecule has 1 aromatic rings. The monoisotopic (exact) mass is 240 g/mol. The second-order valence-electron chi connectivity index (χ2n) is 4.15. The van der Waals surface area contributed by atoms with Crippen LogP contribution in [0.15, 0.2) is 12.1 Å². The maximum absolute atomic E-state index is 10.8. The van der Waals surface area contributed by atoms with Crippen molar-refractivity contribution >= 4 is 5.82 Å². The van der Waals surface area contributed by atoms with Gasteiger partial charge < -0.3 is 20.0 Å². The summed E-state index contributed by atoms with van der Waals surface area (Å²) in [6, 6.07) is 3.12. The summed E-state index contributed by atoms with van der Waals surface area (Å²) >= 11 is 0. The van der Waals surface area contributed by atoms with Crippen molar-refractivity contribution in [1.82, 2.24) is 4.98 Å². The lowest BCUT2D eigenvalue weighted by Gasteiger charge is -2.14. The molecule has 6 heteroatoms. The van der Waals surface area contributed by atoms with E-state index >= 15 is 0 Å². The van der Waals surface area contributed by atoms with Crippen molar-refractivity contribution in [2.24, 2.45) is 5.92 Å². The molecule has 0 aromatic carbocycles. The van der Waals surface area contributed by atoms with E-state index < -0.39 is 11.0 Å². The quantitative estimate of drug-likeness (QED) is 0.625. The van der Waals surface area contributed by atoms with Crippen LogP contribution in [0.25, 0.3) is 0 Å². The van der Waals surface area contributed by atoms with E-state index in [1.54, 1.807) is 13.0 Å². The first-order chi connectivity index (χ1) is 7.91. The molecule has 0 radical (unpaired) electrons. The molecule has 1 atom stereocenters. The Morgan fingerprint density at radius 3 is 2.71 bits per heavy atom. The molecule has 1 unspecified atom stereocenters. The predicted molar refractivity (Wildman–Crippen MR) is 62.0 cm³/mol. The van der Waals surface area contributed by atoms with E-state index in [2.05, 4.69) is 4.98 Å². The maximum Gasteiger partial charge on any atom is 0.406 e. The smallest absolute Gasteiger partial charge is 0.406 e. The summed E-state index contributed by atoms with van der Waals surface area (Å²) in [6.07, 6.45) is -0.657. The van der Waals surface area contributed by atoms with Gasteiger partial charge in [0, 0.05) is 6.92 Å². The van der Waals surface area contributed by atoms with E-state index in [1.807, 2.05) is 13.8 Å². The summed E-state index contributed by atoms with van der Waals surface area (Å²) in [7, 11) is 0. The van der Waals surface area contributed by atoms with Gasteiger partial charge in [-0.05, 0) is 28.0 Å². The van der Waals surface area contributed by atoms with Crippen LogP contribution < -0.4 is 4.74 Å². The van der Waals surface area contributed by atoms with Crippen molar-refractivity contribution < 1.29 is 14.8 Å². The van der Waals surface area contributed by atoms with Gasteiger partial charge in [-0.15, -0.1) is 0 Å². The highest BCUT2D eigenvalue weighted by Crippen LogP contribution is 2.24. The standard InChI is InChI=1S/C11H16N2O4/c1-7(2)9(14)6-17-10-5-4-8(3)12-11(10)13(15)16/h4-5,7,9,14H,6H2,1-3H3. The second kappa shape index (κ2) is 5.58. The van der Waals surface area contributed by atoms with Gasteiger partial charge in [0.2, 0.25) is 5.75 Å². The molecule has 0 aliphatic rings. The minimum atomic E-state index is -0.657. The van der Waals surface area contributed by atoms with Crippen molar-refractivity contribution in [3.05, 3.63) is 27.9 Å². The van der Waals surface area contributed by atoms with Gasteiger partial charge in [0.15, 0.2) is 0 Å². The molecule has 17 heavy (non-hydrogen) atoms. The van der Waals surface area contributed by atoms with E-state index in [9.17, 15) is 15.2 Å². The van der Waals surface area contributed by atoms with Gasteiger partial charge in [-0.2, -0.15) is 0 Å². The number of nitrogens with zero attached hydrogens (tertiary/aromatic N) is 2.